The Hall–Kier alpha value is -0.0200. The molecule has 2 saturated heterocycles. The third-order valence-electron chi connectivity index (χ3n) is 2.96. The van der Waals surface area contributed by atoms with E-state index in [-0.39, 0.29) is 0 Å². The van der Waals surface area contributed by atoms with Gasteiger partial charge in [-0.3, -0.25) is 9.69 Å². The number of rotatable bonds is 1. The van der Waals surface area contributed by atoms with Crippen LogP contribution in [0.15, 0.2) is 0 Å². The van der Waals surface area contributed by atoms with Gasteiger partial charge in [0.05, 0.1) is 0 Å². The van der Waals surface area contributed by atoms with E-state index in [4.69, 9.17) is 0 Å². The van der Waals surface area contributed by atoms with Crippen LogP contribution in [0.1, 0.15) is 19.3 Å². The van der Waals surface area contributed by atoms with Gasteiger partial charge in [0.25, 0.3) is 0 Å². The average Bonchev–Trinajstić information content (AvgIpc) is 2.46. The second-order valence-corrected chi connectivity index (χ2v) is 4.87. The number of carbonyl (C=O) groups is 1. The summed E-state index contributed by atoms with van der Waals surface area (Å²) in [4.78, 5) is 13.7. The topological polar surface area (TPSA) is 20.3 Å². The van der Waals surface area contributed by atoms with Gasteiger partial charge in [0, 0.05) is 37.2 Å². The maximum atomic E-state index is 11.2. The van der Waals surface area contributed by atoms with Crippen LogP contribution in [-0.2, 0) is 4.79 Å². The van der Waals surface area contributed by atoms with Crippen molar-refractivity contribution in [1.82, 2.24) is 4.90 Å². The Labute approximate surface area is 77.7 Å². The van der Waals surface area contributed by atoms with E-state index in [1.165, 1.54) is 13.0 Å². The normalized spacial score (nSPS) is 36.9. The number of Topliss-reactive ketones (excluding diaryl/α,β-unsaturated/α-hetero) is 1. The number of hydrogen-bond donors (Lipinski definition) is 0. The van der Waals surface area contributed by atoms with Crippen LogP contribution in [0.25, 0.3) is 0 Å². The highest BCUT2D eigenvalue weighted by Gasteiger charge is 2.35. The molecule has 0 aromatic heterocycles. The van der Waals surface area contributed by atoms with Gasteiger partial charge in [-0.05, 0) is 12.7 Å². The van der Waals surface area contributed by atoms with Gasteiger partial charge in [-0.25, -0.2) is 0 Å². The average molecular weight is 185 g/mol. The fraction of sp³-hybridized carbons (Fsp3) is 0.889. The van der Waals surface area contributed by atoms with Crippen molar-refractivity contribution in [2.45, 2.75) is 30.6 Å². The lowest BCUT2D eigenvalue weighted by molar-refractivity contribution is -0.122. The summed E-state index contributed by atoms with van der Waals surface area (Å²) in [6, 6.07) is 0.587. The lowest BCUT2D eigenvalue weighted by Crippen LogP contribution is -2.38. The van der Waals surface area contributed by atoms with Gasteiger partial charge in [-0.1, -0.05) is 0 Å². The monoisotopic (exact) mass is 185 g/mol. The van der Waals surface area contributed by atoms with Crippen LogP contribution in [0.4, 0.5) is 0 Å². The number of nitrogens with zero attached hydrogens (tertiary/aromatic N) is 1. The zero-order valence-corrected chi connectivity index (χ0v) is 8.27. The molecule has 2 aliphatic heterocycles. The van der Waals surface area contributed by atoms with Gasteiger partial charge in [-0.15, -0.1) is 0 Å². The first-order valence-corrected chi connectivity index (χ1v) is 5.87. The Morgan fingerprint density at radius 3 is 3.17 bits per heavy atom. The number of ketones is 1. The molecule has 0 spiro atoms. The number of carbonyl (C=O) groups excluding carboxylic acids is 1. The zero-order valence-electron chi connectivity index (χ0n) is 7.45. The molecule has 2 nitrogen and oxygen atoms in total. The van der Waals surface area contributed by atoms with Crippen molar-refractivity contribution >= 4 is 17.5 Å². The highest BCUT2D eigenvalue weighted by atomic mass is 32.2. The molecule has 0 amide bonds. The Morgan fingerprint density at radius 1 is 1.58 bits per heavy atom. The van der Waals surface area contributed by atoms with Gasteiger partial charge < -0.3 is 0 Å². The van der Waals surface area contributed by atoms with Crippen LogP contribution < -0.4 is 0 Å². The minimum atomic E-state index is 0.470. The molecule has 0 unspecified atom stereocenters. The molecular formula is C9H15NOS. The summed E-state index contributed by atoms with van der Waals surface area (Å²) in [5.74, 6) is 0.470. The number of piperidine rings is 1. The maximum Gasteiger partial charge on any atom is 0.135 e. The summed E-state index contributed by atoms with van der Waals surface area (Å²) in [7, 11) is 0. The molecule has 0 radical (unpaired) electrons. The summed E-state index contributed by atoms with van der Waals surface area (Å²) in [6.45, 7) is 2.22. The van der Waals surface area contributed by atoms with Crippen molar-refractivity contribution in [3.05, 3.63) is 0 Å². The second-order valence-electron chi connectivity index (χ2n) is 3.73. The fourth-order valence-electron chi connectivity index (χ4n) is 2.23. The van der Waals surface area contributed by atoms with E-state index < -0.39 is 0 Å². The lowest BCUT2D eigenvalue weighted by atomic mass is 10.0. The number of thioether (sulfide) groups is 1. The molecule has 2 atom stereocenters. The molecular weight excluding hydrogens is 170 g/mol. The van der Waals surface area contributed by atoms with E-state index in [0.29, 0.717) is 11.8 Å². The standard InChI is InChI=1S/C9H15NOS/c1-12-9-5-7-4-8(11)2-3-10(7)6-9/h7,9H,2-6H2,1H3/t7-,9-/m0/s1. The summed E-state index contributed by atoms with van der Waals surface area (Å²) in [5, 5.41) is 0.779. The Morgan fingerprint density at radius 2 is 2.42 bits per heavy atom. The van der Waals surface area contributed by atoms with Gasteiger partial charge in [0.15, 0.2) is 0 Å². The van der Waals surface area contributed by atoms with Crippen molar-refractivity contribution in [3.8, 4) is 0 Å². The molecule has 0 N–H and O–H groups in total. The van der Waals surface area contributed by atoms with Crippen LogP contribution >= 0.6 is 11.8 Å². The second kappa shape index (κ2) is 3.38. The molecule has 3 heteroatoms. The molecule has 0 aromatic rings. The SMILES string of the molecule is CS[C@H]1C[C@@H]2CC(=O)CCN2C1. The number of hydrogen-bond acceptors (Lipinski definition) is 3. The van der Waals surface area contributed by atoms with Crippen LogP contribution in [-0.4, -0.2) is 41.3 Å². The van der Waals surface area contributed by atoms with Crippen molar-refractivity contribution in [1.29, 1.82) is 0 Å². The molecule has 2 heterocycles. The quantitative estimate of drug-likeness (QED) is 0.611. The Balaban J connectivity index is 1.97. The molecule has 68 valence electrons. The minimum absolute atomic E-state index is 0.470. The molecule has 0 aliphatic carbocycles. The van der Waals surface area contributed by atoms with Crippen LogP contribution in [0.3, 0.4) is 0 Å². The highest BCUT2D eigenvalue weighted by molar-refractivity contribution is 7.99. The Kier molecular flexibility index (Phi) is 2.42. The smallest absolute Gasteiger partial charge is 0.135 e. The largest absolute Gasteiger partial charge is 0.300 e. The summed E-state index contributed by atoms with van der Waals surface area (Å²) in [5.41, 5.74) is 0. The molecule has 0 aromatic carbocycles. The van der Waals surface area contributed by atoms with E-state index in [1.54, 1.807) is 0 Å². The maximum absolute atomic E-state index is 11.2. The molecule has 2 fully saturated rings. The summed E-state index contributed by atoms with van der Waals surface area (Å²) < 4.78 is 0. The molecule has 12 heavy (non-hydrogen) atoms. The summed E-state index contributed by atoms with van der Waals surface area (Å²) in [6.07, 6.45) is 5.01. The third kappa shape index (κ3) is 1.52. The van der Waals surface area contributed by atoms with Crippen LogP contribution in [0, 0.1) is 0 Å². The van der Waals surface area contributed by atoms with Crippen LogP contribution in [0.2, 0.25) is 0 Å². The number of fused-ring (bicyclic) bond motifs is 1. The highest BCUT2D eigenvalue weighted by Crippen LogP contribution is 2.30. The van der Waals surface area contributed by atoms with E-state index in [9.17, 15) is 4.79 Å². The lowest BCUT2D eigenvalue weighted by Gasteiger charge is -2.27. The van der Waals surface area contributed by atoms with E-state index in [2.05, 4.69) is 11.2 Å². The first-order valence-electron chi connectivity index (χ1n) is 4.58. The van der Waals surface area contributed by atoms with E-state index in [1.807, 2.05) is 11.8 Å². The van der Waals surface area contributed by atoms with Gasteiger partial charge in [0.1, 0.15) is 5.78 Å². The minimum Gasteiger partial charge on any atom is -0.300 e. The fourth-order valence-corrected chi connectivity index (χ4v) is 2.98. The van der Waals surface area contributed by atoms with Crippen molar-refractivity contribution in [2.75, 3.05) is 19.3 Å². The molecule has 2 rings (SSSR count). The van der Waals surface area contributed by atoms with Gasteiger partial charge >= 0.3 is 0 Å². The first-order chi connectivity index (χ1) is 5.79. The van der Waals surface area contributed by atoms with Crippen molar-refractivity contribution in [2.24, 2.45) is 0 Å². The Bertz CT molecular complexity index is 195. The van der Waals surface area contributed by atoms with Gasteiger partial charge in [-0.2, -0.15) is 11.8 Å². The van der Waals surface area contributed by atoms with E-state index >= 15 is 0 Å². The first kappa shape index (κ1) is 8.57. The van der Waals surface area contributed by atoms with Crippen LogP contribution in [0.5, 0.6) is 0 Å². The predicted octanol–water partition coefficient (Wildman–Crippen LogP) is 1.16. The van der Waals surface area contributed by atoms with E-state index in [0.717, 1.165) is 24.6 Å². The molecule has 0 saturated carbocycles. The predicted molar refractivity (Wildman–Crippen MR) is 51.5 cm³/mol. The van der Waals surface area contributed by atoms with Crippen molar-refractivity contribution < 1.29 is 4.79 Å². The van der Waals surface area contributed by atoms with Gasteiger partial charge in [0.2, 0.25) is 0 Å². The molecule has 0 bridgehead atoms. The zero-order chi connectivity index (χ0) is 8.55. The third-order valence-corrected chi connectivity index (χ3v) is 3.97. The van der Waals surface area contributed by atoms with Crippen molar-refractivity contribution in [3.63, 3.8) is 0 Å². The summed E-state index contributed by atoms with van der Waals surface area (Å²) >= 11 is 1.95. The molecule has 2 aliphatic rings.